The molecule has 1 aromatic heterocycles. The SMILES string of the molecule is Cn1ncc(CNC(=O)C=Cc2ccc(F)cc2)c1N. The fourth-order valence-electron chi connectivity index (χ4n) is 1.62. The van der Waals surface area contributed by atoms with Crippen LogP contribution in [0.3, 0.4) is 0 Å². The first-order valence-electron chi connectivity index (χ1n) is 6.04. The molecule has 20 heavy (non-hydrogen) atoms. The van der Waals surface area contributed by atoms with Crippen molar-refractivity contribution in [2.75, 3.05) is 5.73 Å². The van der Waals surface area contributed by atoms with E-state index < -0.39 is 0 Å². The summed E-state index contributed by atoms with van der Waals surface area (Å²) in [6.07, 6.45) is 4.61. The molecule has 0 aliphatic rings. The maximum Gasteiger partial charge on any atom is 0.244 e. The summed E-state index contributed by atoms with van der Waals surface area (Å²) in [7, 11) is 1.73. The third-order valence-corrected chi connectivity index (χ3v) is 2.81. The molecule has 0 saturated carbocycles. The molecule has 0 fully saturated rings. The smallest absolute Gasteiger partial charge is 0.244 e. The minimum Gasteiger partial charge on any atom is -0.384 e. The highest BCUT2D eigenvalue weighted by Crippen LogP contribution is 2.08. The summed E-state index contributed by atoms with van der Waals surface area (Å²) in [6, 6.07) is 5.87. The number of benzene rings is 1. The Hall–Kier alpha value is -2.63. The van der Waals surface area contributed by atoms with Crippen LogP contribution in [0.2, 0.25) is 0 Å². The van der Waals surface area contributed by atoms with Crippen molar-refractivity contribution < 1.29 is 9.18 Å². The molecule has 104 valence electrons. The monoisotopic (exact) mass is 274 g/mol. The van der Waals surface area contributed by atoms with Crippen LogP contribution in [0, 0.1) is 5.82 Å². The number of hydrogen-bond acceptors (Lipinski definition) is 3. The molecule has 1 amide bonds. The molecule has 0 aliphatic heterocycles. The van der Waals surface area contributed by atoms with E-state index >= 15 is 0 Å². The van der Waals surface area contributed by atoms with Gasteiger partial charge in [0.1, 0.15) is 11.6 Å². The van der Waals surface area contributed by atoms with Crippen LogP contribution in [0.4, 0.5) is 10.2 Å². The molecule has 0 saturated heterocycles. The number of hydrogen-bond donors (Lipinski definition) is 2. The lowest BCUT2D eigenvalue weighted by Crippen LogP contribution is -2.20. The van der Waals surface area contributed by atoms with Gasteiger partial charge in [-0.3, -0.25) is 9.48 Å². The number of amides is 1. The van der Waals surface area contributed by atoms with Crippen LogP contribution < -0.4 is 11.1 Å². The lowest BCUT2D eigenvalue weighted by Gasteiger charge is -2.01. The Bertz CT molecular complexity index is 631. The number of nitrogens with zero attached hydrogens (tertiary/aromatic N) is 2. The van der Waals surface area contributed by atoms with Crippen LogP contribution in [0.15, 0.2) is 36.5 Å². The Balaban J connectivity index is 1.89. The zero-order valence-electron chi connectivity index (χ0n) is 11.0. The number of nitrogens with one attached hydrogen (secondary N) is 1. The number of carbonyl (C=O) groups is 1. The van der Waals surface area contributed by atoms with Crippen molar-refractivity contribution in [2.45, 2.75) is 6.54 Å². The summed E-state index contributed by atoms with van der Waals surface area (Å²) in [6.45, 7) is 0.312. The van der Waals surface area contributed by atoms with Gasteiger partial charge in [-0.25, -0.2) is 4.39 Å². The zero-order chi connectivity index (χ0) is 14.5. The number of carbonyl (C=O) groups excluding carboxylic acids is 1. The van der Waals surface area contributed by atoms with E-state index in [1.54, 1.807) is 31.5 Å². The van der Waals surface area contributed by atoms with Gasteiger partial charge in [-0.1, -0.05) is 12.1 Å². The van der Waals surface area contributed by atoms with Crippen molar-refractivity contribution in [2.24, 2.45) is 7.05 Å². The minimum absolute atomic E-state index is 0.252. The maximum atomic E-state index is 12.7. The van der Waals surface area contributed by atoms with Crippen molar-refractivity contribution in [1.82, 2.24) is 15.1 Å². The van der Waals surface area contributed by atoms with Gasteiger partial charge in [0.05, 0.1) is 6.20 Å². The number of halogens is 1. The first-order valence-corrected chi connectivity index (χ1v) is 6.04. The van der Waals surface area contributed by atoms with Crippen molar-refractivity contribution in [3.8, 4) is 0 Å². The zero-order valence-corrected chi connectivity index (χ0v) is 11.0. The molecule has 1 aromatic carbocycles. The predicted octanol–water partition coefficient (Wildman–Crippen LogP) is 1.47. The number of aryl methyl sites for hydroxylation is 1. The number of anilines is 1. The number of nitrogens with two attached hydrogens (primary N) is 1. The molecular weight excluding hydrogens is 259 g/mol. The summed E-state index contributed by atoms with van der Waals surface area (Å²) >= 11 is 0. The molecule has 3 N–H and O–H groups in total. The second-order valence-corrected chi connectivity index (χ2v) is 4.28. The Morgan fingerprint density at radius 3 is 2.75 bits per heavy atom. The fraction of sp³-hybridized carbons (Fsp3) is 0.143. The number of nitrogen functional groups attached to an aromatic ring is 1. The van der Waals surface area contributed by atoms with Crippen LogP contribution in [-0.4, -0.2) is 15.7 Å². The quantitative estimate of drug-likeness (QED) is 0.829. The summed E-state index contributed by atoms with van der Waals surface area (Å²) < 4.78 is 14.2. The highest BCUT2D eigenvalue weighted by Gasteiger charge is 2.05. The van der Waals surface area contributed by atoms with E-state index in [1.807, 2.05) is 0 Å². The van der Waals surface area contributed by atoms with Crippen molar-refractivity contribution >= 4 is 17.8 Å². The van der Waals surface area contributed by atoms with E-state index in [4.69, 9.17) is 5.73 Å². The van der Waals surface area contributed by atoms with Gasteiger partial charge < -0.3 is 11.1 Å². The van der Waals surface area contributed by atoms with Gasteiger partial charge in [0.25, 0.3) is 0 Å². The lowest BCUT2D eigenvalue weighted by molar-refractivity contribution is -0.116. The molecule has 0 bridgehead atoms. The third-order valence-electron chi connectivity index (χ3n) is 2.81. The summed E-state index contributed by atoms with van der Waals surface area (Å²) in [4.78, 5) is 11.6. The van der Waals surface area contributed by atoms with E-state index in [-0.39, 0.29) is 11.7 Å². The van der Waals surface area contributed by atoms with Crippen molar-refractivity contribution in [3.63, 3.8) is 0 Å². The van der Waals surface area contributed by atoms with Crippen LogP contribution in [0.1, 0.15) is 11.1 Å². The van der Waals surface area contributed by atoms with Gasteiger partial charge in [0.2, 0.25) is 5.91 Å². The van der Waals surface area contributed by atoms with Crippen LogP contribution >= 0.6 is 0 Å². The normalized spacial score (nSPS) is 10.9. The maximum absolute atomic E-state index is 12.7. The van der Waals surface area contributed by atoms with E-state index in [9.17, 15) is 9.18 Å². The van der Waals surface area contributed by atoms with Gasteiger partial charge in [-0.05, 0) is 23.8 Å². The third kappa shape index (κ3) is 3.44. The van der Waals surface area contributed by atoms with Gasteiger partial charge in [0.15, 0.2) is 0 Å². The topological polar surface area (TPSA) is 72.9 Å². The van der Waals surface area contributed by atoms with E-state index in [0.717, 1.165) is 11.1 Å². The first-order chi connectivity index (χ1) is 9.56. The second-order valence-electron chi connectivity index (χ2n) is 4.28. The molecule has 2 rings (SSSR count). The van der Waals surface area contributed by atoms with Crippen LogP contribution in [0.5, 0.6) is 0 Å². The molecular formula is C14H15FN4O. The molecule has 1 heterocycles. The predicted molar refractivity (Wildman–Crippen MR) is 74.9 cm³/mol. The molecule has 0 radical (unpaired) electrons. The van der Waals surface area contributed by atoms with Crippen molar-refractivity contribution in [3.05, 3.63) is 53.5 Å². The Morgan fingerprint density at radius 1 is 1.45 bits per heavy atom. The van der Waals surface area contributed by atoms with Crippen LogP contribution in [0.25, 0.3) is 6.08 Å². The molecule has 5 nitrogen and oxygen atoms in total. The van der Waals surface area contributed by atoms with Gasteiger partial charge in [0, 0.05) is 25.2 Å². The minimum atomic E-state index is -0.307. The molecule has 6 heteroatoms. The summed E-state index contributed by atoms with van der Waals surface area (Å²) in [5, 5.41) is 6.68. The molecule has 2 aromatic rings. The molecule has 0 aliphatic carbocycles. The average Bonchev–Trinajstić information content (AvgIpc) is 2.76. The summed E-state index contributed by atoms with van der Waals surface area (Å²) in [5.41, 5.74) is 7.28. The number of rotatable bonds is 4. The average molecular weight is 274 g/mol. The highest BCUT2D eigenvalue weighted by atomic mass is 19.1. The van der Waals surface area contributed by atoms with Gasteiger partial charge in [-0.15, -0.1) is 0 Å². The molecule has 0 spiro atoms. The highest BCUT2D eigenvalue weighted by molar-refractivity contribution is 5.91. The van der Waals surface area contributed by atoms with E-state index in [2.05, 4.69) is 10.4 Å². The standard InChI is InChI=1S/C14H15FN4O/c1-19-14(16)11(9-18-19)8-17-13(20)7-4-10-2-5-12(15)6-3-10/h2-7,9H,8,16H2,1H3,(H,17,20). The number of aromatic nitrogens is 2. The second kappa shape index (κ2) is 6.01. The fourth-order valence-corrected chi connectivity index (χ4v) is 1.62. The lowest BCUT2D eigenvalue weighted by atomic mass is 10.2. The Labute approximate surface area is 115 Å². The van der Waals surface area contributed by atoms with Crippen molar-refractivity contribution in [1.29, 1.82) is 0 Å². The Morgan fingerprint density at radius 2 is 2.15 bits per heavy atom. The largest absolute Gasteiger partial charge is 0.384 e. The molecule has 0 atom stereocenters. The van der Waals surface area contributed by atoms with E-state index in [1.165, 1.54) is 22.9 Å². The summed E-state index contributed by atoms with van der Waals surface area (Å²) in [5.74, 6) is -0.0379. The van der Waals surface area contributed by atoms with Gasteiger partial charge >= 0.3 is 0 Å². The van der Waals surface area contributed by atoms with Gasteiger partial charge in [-0.2, -0.15) is 5.10 Å². The van der Waals surface area contributed by atoms with Crippen LogP contribution in [-0.2, 0) is 18.4 Å². The first kappa shape index (κ1) is 13.8. The Kier molecular flexibility index (Phi) is 4.14. The molecule has 0 unspecified atom stereocenters. The van der Waals surface area contributed by atoms with E-state index in [0.29, 0.717) is 12.4 Å².